The third kappa shape index (κ3) is 5.51. The van der Waals surface area contributed by atoms with E-state index in [1.165, 1.54) is 0 Å². The number of carbonyl (C=O) groups excluding carboxylic acids is 2. The Hall–Kier alpha value is -3.06. The number of allylic oxidation sites excluding steroid dienone is 1. The Balaban J connectivity index is 1.47. The van der Waals surface area contributed by atoms with E-state index in [-0.39, 0.29) is 42.3 Å². The van der Waals surface area contributed by atoms with Crippen LogP contribution < -0.4 is 9.47 Å². The molecule has 0 aromatic heterocycles. The molecule has 2 fully saturated rings. The summed E-state index contributed by atoms with van der Waals surface area (Å²) in [6.45, 7) is 8.26. The van der Waals surface area contributed by atoms with Crippen molar-refractivity contribution in [3.8, 4) is 11.5 Å². The van der Waals surface area contributed by atoms with Gasteiger partial charge in [0, 0.05) is 22.6 Å². The maximum atomic E-state index is 13.1. The molecule has 194 valence electrons. The van der Waals surface area contributed by atoms with Gasteiger partial charge in [0.15, 0.2) is 0 Å². The second-order valence-corrected chi connectivity index (χ2v) is 9.90. The fourth-order valence-corrected chi connectivity index (χ4v) is 5.14. The molecule has 36 heavy (non-hydrogen) atoms. The molecule has 0 saturated carbocycles. The molecule has 0 unspecified atom stereocenters. The topological polar surface area (TPSA) is 83.6 Å². The molecule has 1 aromatic carbocycles. The fourth-order valence-electron chi connectivity index (χ4n) is 5.14. The zero-order valence-electron chi connectivity index (χ0n) is 21.6. The number of benzene rings is 1. The molecule has 0 spiro atoms. The average Bonchev–Trinajstić information content (AvgIpc) is 3.46. The average molecular weight is 497 g/mol. The quantitative estimate of drug-likeness (QED) is 0.212. The van der Waals surface area contributed by atoms with Crippen molar-refractivity contribution >= 4 is 18.0 Å². The van der Waals surface area contributed by atoms with Crippen LogP contribution in [-0.2, 0) is 23.8 Å². The summed E-state index contributed by atoms with van der Waals surface area (Å²) >= 11 is 0. The summed E-state index contributed by atoms with van der Waals surface area (Å²) in [5.41, 5.74) is 2.59. The van der Waals surface area contributed by atoms with Crippen molar-refractivity contribution in [2.24, 2.45) is 5.92 Å². The lowest BCUT2D eigenvalue weighted by molar-refractivity contribution is -0.140. The lowest BCUT2D eigenvalue weighted by Crippen LogP contribution is -2.29. The Bertz CT molecular complexity index is 1090. The molecule has 1 aromatic rings. The number of rotatable bonds is 8. The van der Waals surface area contributed by atoms with Crippen LogP contribution in [0, 0.1) is 5.92 Å². The third-order valence-corrected chi connectivity index (χ3v) is 7.38. The Labute approximate surface area is 213 Å². The van der Waals surface area contributed by atoms with Gasteiger partial charge in [-0.05, 0) is 68.9 Å². The van der Waals surface area contributed by atoms with Crippen molar-refractivity contribution in [1.82, 2.24) is 0 Å². The van der Waals surface area contributed by atoms with Crippen molar-refractivity contribution in [1.29, 1.82) is 0 Å². The van der Waals surface area contributed by atoms with Gasteiger partial charge in [-0.3, -0.25) is 0 Å². The molecule has 4 rings (SSSR count). The van der Waals surface area contributed by atoms with E-state index >= 15 is 0 Å². The van der Waals surface area contributed by atoms with Crippen LogP contribution in [0.2, 0.25) is 0 Å². The predicted molar refractivity (Wildman–Crippen MR) is 136 cm³/mol. The largest absolute Gasteiger partial charge is 0.497 e. The number of fused-ring (bicyclic) bond motifs is 3. The maximum Gasteiger partial charge on any atom is 0.334 e. The van der Waals surface area contributed by atoms with E-state index in [1.807, 2.05) is 31.2 Å². The van der Waals surface area contributed by atoms with Crippen molar-refractivity contribution in [3.63, 3.8) is 0 Å². The minimum absolute atomic E-state index is 0.0752. The first-order chi connectivity index (χ1) is 17.3. The predicted octanol–water partition coefficient (Wildman–Crippen LogP) is 5.19. The highest BCUT2D eigenvalue weighted by Gasteiger charge is 2.61. The zero-order valence-corrected chi connectivity index (χ0v) is 21.6. The summed E-state index contributed by atoms with van der Waals surface area (Å²) in [6, 6.07) is 5.47. The number of carbonyl (C=O) groups is 2. The molecule has 0 radical (unpaired) electrons. The molecule has 2 aliphatic heterocycles. The number of hydrogen-bond acceptors (Lipinski definition) is 7. The number of ether oxygens (including phenoxy) is 5. The molecule has 0 N–H and O–H groups in total. The van der Waals surface area contributed by atoms with Gasteiger partial charge in [0.2, 0.25) is 0 Å². The lowest BCUT2D eigenvalue weighted by atomic mass is 9.84. The van der Waals surface area contributed by atoms with Gasteiger partial charge in [-0.15, -0.1) is 0 Å². The molecular weight excluding hydrogens is 460 g/mol. The molecule has 0 amide bonds. The Morgan fingerprint density at radius 2 is 2.08 bits per heavy atom. The molecule has 4 atom stereocenters. The zero-order chi connectivity index (χ0) is 25.9. The van der Waals surface area contributed by atoms with Crippen molar-refractivity contribution in [2.75, 3.05) is 20.8 Å². The minimum atomic E-state index is -0.348. The van der Waals surface area contributed by atoms with Crippen LogP contribution in [0.15, 0.2) is 47.6 Å². The van der Waals surface area contributed by atoms with Gasteiger partial charge in [0.25, 0.3) is 0 Å². The first-order valence-corrected chi connectivity index (χ1v) is 12.6. The second kappa shape index (κ2) is 10.9. The summed E-state index contributed by atoms with van der Waals surface area (Å²) < 4.78 is 28.2. The van der Waals surface area contributed by atoms with Crippen LogP contribution in [0.4, 0.5) is 0 Å². The standard InChI is InChI=1S/C29H36O7/c1-6-8-20(15-21-16-22(32-4)11-13-24(21)33-5)28(31)34-17-19-9-7-14-29(3)26(36-29)25-23(12-10-19)18(2)27(30)35-25/h9,11,13,15-16,23,25-26H,2,6-8,10,12,14,17H2,1,3-5H3/b19-9+,20-15+/t23-,25-,26-,29+/m0/s1. The third-order valence-electron chi connectivity index (χ3n) is 7.38. The van der Waals surface area contributed by atoms with E-state index in [1.54, 1.807) is 14.2 Å². The monoisotopic (exact) mass is 496 g/mol. The van der Waals surface area contributed by atoms with E-state index < -0.39 is 0 Å². The van der Waals surface area contributed by atoms with Crippen LogP contribution in [0.1, 0.15) is 57.9 Å². The molecule has 7 nitrogen and oxygen atoms in total. The Morgan fingerprint density at radius 3 is 2.81 bits per heavy atom. The molecule has 1 aliphatic carbocycles. The van der Waals surface area contributed by atoms with Gasteiger partial charge in [-0.25, -0.2) is 9.59 Å². The van der Waals surface area contributed by atoms with Gasteiger partial charge in [0.1, 0.15) is 30.3 Å². The van der Waals surface area contributed by atoms with E-state index in [2.05, 4.69) is 19.6 Å². The summed E-state index contributed by atoms with van der Waals surface area (Å²) in [5.74, 6) is 0.574. The number of hydrogen-bond donors (Lipinski definition) is 0. The summed E-state index contributed by atoms with van der Waals surface area (Å²) in [4.78, 5) is 25.3. The van der Waals surface area contributed by atoms with E-state index in [9.17, 15) is 9.59 Å². The smallest absolute Gasteiger partial charge is 0.334 e. The van der Waals surface area contributed by atoms with Gasteiger partial charge < -0.3 is 23.7 Å². The first kappa shape index (κ1) is 26.0. The highest BCUT2D eigenvalue weighted by Crippen LogP contribution is 2.49. The second-order valence-electron chi connectivity index (χ2n) is 9.90. The van der Waals surface area contributed by atoms with Crippen molar-refractivity contribution in [3.05, 3.63) is 53.1 Å². The molecular formula is C29H36O7. The van der Waals surface area contributed by atoms with Gasteiger partial charge in [-0.2, -0.15) is 0 Å². The van der Waals surface area contributed by atoms with E-state index in [0.29, 0.717) is 41.9 Å². The Morgan fingerprint density at radius 1 is 1.28 bits per heavy atom. The number of methoxy groups -OCH3 is 2. The Kier molecular flexibility index (Phi) is 7.88. The molecule has 3 aliphatic rings. The van der Waals surface area contributed by atoms with E-state index in [0.717, 1.165) is 30.4 Å². The van der Waals surface area contributed by atoms with Gasteiger partial charge in [0.05, 0.1) is 19.8 Å². The first-order valence-electron chi connectivity index (χ1n) is 12.6. The lowest BCUT2D eigenvalue weighted by Gasteiger charge is -2.20. The van der Waals surface area contributed by atoms with Gasteiger partial charge >= 0.3 is 11.9 Å². The summed E-state index contributed by atoms with van der Waals surface area (Å²) in [6.07, 6.45) is 8.01. The molecule has 0 bridgehead atoms. The molecule has 2 saturated heterocycles. The van der Waals surface area contributed by atoms with Crippen LogP contribution >= 0.6 is 0 Å². The molecule has 2 heterocycles. The summed E-state index contributed by atoms with van der Waals surface area (Å²) in [7, 11) is 3.20. The highest BCUT2D eigenvalue weighted by molar-refractivity contribution is 5.94. The van der Waals surface area contributed by atoms with Crippen LogP contribution in [-0.4, -0.2) is 50.6 Å². The van der Waals surface area contributed by atoms with Gasteiger partial charge in [-0.1, -0.05) is 26.0 Å². The highest BCUT2D eigenvalue weighted by atomic mass is 16.6. The fraction of sp³-hybridized carbons (Fsp3) is 0.517. The number of esters is 2. The SMILES string of the molecule is C=C1C(=O)O[C@H]2[C@H]1CC/C(COC(=O)/C(=C/c1cc(OC)ccc1OC)CCC)=C\CC[C@@]1(C)O[C@@H]21. The van der Waals surface area contributed by atoms with Crippen molar-refractivity contribution in [2.45, 2.75) is 70.2 Å². The summed E-state index contributed by atoms with van der Waals surface area (Å²) in [5, 5.41) is 0. The van der Waals surface area contributed by atoms with Crippen LogP contribution in [0.5, 0.6) is 11.5 Å². The number of epoxide rings is 1. The van der Waals surface area contributed by atoms with E-state index in [4.69, 9.17) is 23.7 Å². The van der Waals surface area contributed by atoms with Crippen LogP contribution in [0.25, 0.3) is 6.08 Å². The molecule has 7 heteroatoms. The minimum Gasteiger partial charge on any atom is -0.497 e. The van der Waals surface area contributed by atoms with Crippen molar-refractivity contribution < 1.29 is 33.3 Å². The van der Waals surface area contributed by atoms with Crippen LogP contribution in [0.3, 0.4) is 0 Å². The normalized spacial score (nSPS) is 29.3. The maximum absolute atomic E-state index is 13.1.